The Balaban J connectivity index is 1.71. The monoisotopic (exact) mass is 230 g/mol. The third kappa shape index (κ3) is 2.21. The molecule has 90 valence electrons. The molecule has 3 heteroatoms. The van der Waals surface area contributed by atoms with E-state index in [0.717, 1.165) is 19.6 Å². The summed E-state index contributed by atoms with van der Waals surface area (Å²) in [5.41, 5.74) is 2.61. The van der Waals surface area contributed by atoms with Crippen LogP contribution in [0.1, 0.15) is 12.5 Å². The number of ether oxygens (including phenoxy) is 1. The number of H-pyrrole nitrogens is 1. The van der Waals surface area contributed by atoms with Crippen molar-refractivity contribution in [1.82, 2.24) is 10.3 Å². The van der Waals surface area contributed by atoms with Crippen molar-refractivity contribution in [3.63, 3.8) is 0 Å². The Morgan fingerprint density at radius 2 is 2.24 bits per heavy atom. The van der Waals surface area contributed by atoms with Crippen LogP contribution >= 0.6 is 0 Å². The van der Waals surface area contributed by atoms with Gasteiger partial charge in [-0.2, -0.15) is 0 Å². The topological polar surface area (TPSA) is 37.0 Å². The molecule has 1 aromatic carbocycles. The van der Waals surface area contributed by atoms with Gasteiger partial charge in [-0.3, -0.25) is 0 Å². The van der Waals surface area contributed by atoms with E-state index in [2.05, 4.69) is 47.7 Å². The van der Waals surface area contributed by atoms with Crippen LogP contribution in [0.15, 0.2) is 30.5 Å². The zero-order valence-electron chi connectivity index (χ0n) is 10.1. The molecule has 0 saturated carbocycles. The molecule has 3 rings (SSSR count). The van der Waals surface area contributed by atoms with Crippen molar-refractivity contribution in [2.24, 2.45) is 0 Å². The van der Waals surface area contributed by atoms with Crippen LogP contribution in [0.5, 0.6) is 0 Å². The number of nitrogens with one attached hydrogen (secondary N) is 2. The first-order valence-electron chi connectivity index (χ1n) is 6.22. The normalized spacial score (nSPS) is 18.2. The summed E-state index contributed by atoms with van der Waals surface area (Å²) < 4.78 is 5.17. The van der Waals surface area contributed by atoms with Gasteiger partial charge < -0.3 is 15.0 Å². The summed E-state index contributed by atoms with van der Waals surface area (Å²) >= 11 is 0. The number of hydrogen-bond donors (Lipinski definition) is 2. The number of aromatic amines is 1. The van der Waals surface area contributed by atoms with Crippen LogP contribution in [-0.2, 0) is 11.2 Å². The maximum atomic E-state index is 5.17. The van der Waals surface area contributed by atoms with Gasteiger partial charge in [0.2, 0.25) is 0 Å². The molecule has 17 heavy (non-hydrogen) atoms. The van der Waals surface area contributed by atoms with E-state index in [4.69, 9.17) is 4.74 Å². The van der Waals surface area contributed by atoms with Crippen LogP contribution in [0.3, 0.4) is 0 Å². The molecule has 1 aliphatic heterocycles. The molecule has 2 N–H and O–H groups in total. The highest BCUT2D eigenvalue weighted by Crippen LogP contribution is 2.19. The van der Waals surface area contributed by atoms with Gasteiger partial charge in [-0.1, -0.05) is 18.2 Å². The van der Waals surface area contributed by atoms with Gasteiger partial charge in [0.05, 0.1) is 19.3 Å². The molecule has 0 aliphatic carbocycles. The minimum atomic E-state index is 0.489. The van der Waals surface area contributed by atoms with Gasteiger partial charge in [0.15, 0.2) is 0 Å². The maximum Gasteiger partial charge on any atom is 0.0643 e. The first-order chi connectivity index (χ1) is 8.33. The molecule has 1 atom stereocenters. The summed E-state index contributed by atoms with van der Waals surface area (Å²) in [5, 5.41) is 4.92. The van der Waals surface area contributed by atoms with Crippen LogP contribution in [0.25, 0.3) is 10.9 Å². The molecule has 2 heterocycles. The fraction of sp³-hybridized carbons (Fsp3) is 0.429. The van der Waals surface area contributed by atoms with E-state index in [9.17, 15) is 0 Å². The highest BCUT2D eigenvalue weighted by atomic mass is 16.5. The molecule has 1 fully saturated rings. The van der Waals surface area contributed by atoms with Gasteiger partial charge in [0.1, 0.15) is 0 Å². The fourth-order valence-electron chi connectivity index (χ4n) is 2.42. The summed E-state index contributed by atoms with van der Waals surface area (Å²) in [4.78, 5) is 3.32. The van der Waals surface area contributed by atoms with Crippen LogP contribution in [0.2, 0.25) is 0 Å². The Bertz CT molecular complexity index is 502. The second kappa shape index (κ2) is 4.51. The highest BCUT2D eigenvalue weighted by molar-refractivity contribution is 5.83. The summed E-state index contributed by atoms with van der Waals surface area (Å²) in [5.74, 6) is 0. The van der Waals surface area contributed by atoms with Crippen LogP contribution in [-0.4, -0.2) is 30.3 Å². The van der Waals surface area contributed by atoms with Gasteiger partial charge in [0, 0.05) is 23.1 Å². The minimum absolute atomic E-state index is 0.489. The van der Waals surface area contributed by atoms with Gasteiger partial charge in [-0.25, -0.2) is 0 Å². The van der Waals surface area contributed by atoms with Gasteiger partial charge in [0.25, 0.3) is 0 Å². The smallest absolute Gasteiger partial charge is 0.0643 e. The van der Waals surface area contributed by atoms with E-state index in [0.29, 0.717) is 12.1 Å². The van der Waals surface area contributed by atoms with E-state index in [1.807, 2.05) is 0 Å². The molecular formula is C14H18N2O. The van der Waals surface area contributed by atoms with Crippen LogP contribution in [0, 0.1) is 0 Å². The lowest BCUT2D eigenvalue weighted by molar-refractivity contribution is -0.00907. The van der Waals surface area contributed by atoms with Crippen molar-refractivity contribution in [3.05, 3.63) is 36.0 Å². The summed E-state index contributed by atoms with van der Waals surface area (Å²) in [6, 6.07) is 9.50. The molecule has 0 bridgehead atoms. The molecule has 1 aliphatic rings. The van der Waals surface area contributed by atoms with Crippen molar-refractivity contribution in [1.29, 1.82) is 0 Å². The van der Waals surface area contributed by atoms with Crippen LogP contribution < -0.4 is 5.32 Å². The number of fused-ring (bicyclic) bond motifs is 1. The van der Waals surface area contributed by atoms with Crippen molar-refractivity contribution in [3.8, 4) is 0 Å². The molecule has 3 nitrogen and oxygen atoms in total. The average molecular weight is 230 g/mol. The Morgan fingerprint density at radius 3 is 3.00 bits per heavy atom. The zero-order valence-corrected chi connectivity index (χ0v) is 10.1. The van der Waals surface area contributed by atoms with Crippen molar-refractivity contribution in [2.45, 2.75) is 25.4 Å². The lowest BCUT2D eigenvalue weighted by Gasteiger charge is -2.30. The predicted molar refractivity (Wildman–Crippen MR) is 69.2 cm³/mol. The number of para-hydroxylation sites is 1. The first kappa shape index (κ1) is 10.8. The number of rotatable bonds is 4. The Kier molecular flexibility index (Phi) is 2.87. The standard InChI is InChI=1S/C14H18N2O/c1-10(16-12-8-17-9-12)6-11-7-15-14-5-3-2-4-13(11)14/h2-5,7,10,12,15-16H,6,8-9H2,1H3. The van der Waals surface area contributed by atoms with Gasteiger partial charge in [-0.15, -0.1) is 0 Å². The maximum absolute atomic E-state index is 5.17. The average Bonchev–Trinajstić information content (AvgIpc) is 2.68. The first-order valence-corrected chi connectivity index (χ1v) is 6.22. The Hall–Kier alpha value is -1.32. The van der Waals surface area contributed by atoms with Gasteiger partial charge in [-0.05, 0) is 25.0 Å². The summed E-state index contributed by atoms with van der Waals surface area (Å²) in [6.07, 6.45) is 3.18. The van der Waals surface area contributed by atoms with Crippen LogP contribution in [0.4, 0.5) is 0 Å². The van der Waals surface area contributed by atoms with E-state index in [1.54, 1.807) is 0 Å². The molecule has 1 saturated heterocycles. The van der Waals surface area contributed by atoms with Crippen molar-refractivity contribution < 1.29 is 4.74 Å². The highest BCUT2D eigenvalue weighted by Gasteiger charge is 2.20. The number of hydrogen-bond acceptors (Lipinski definition) is 2. The van der Waals surface area contributed by atoms with E-state index in [1.165, 1.54) is 16.5 Å². The second-order valence-electron chi connectivity index (χ2n) is 4.87. The fourth-order valence-corrected chi connectivity index (χ4v) is 2.42. The molecule has 2 aromatic rings. The lowest BCUT2D eigenvalue weighted by Crippen LogP contribution is -2.50. The molecular weight excluding hydrogens is 212 g/mol. The quantitative estimate of drug-likeness (QED) is 0.844. The third-order valence-corrected chi connectivity index (χ3v) is 3.36. The Labute approximate surface area is 101 Å². The molecule has 1 aromatic heterocycles. The Morgan fingerprint density at radius 1 is 1.41 bits per heavy atom. The van der Waals surface area contributed by atoms with E-state index < -0.39 is 0 Å². The molecule has 0 radical (unpaired) electrons. The number of benzene rings is 1. The van der Waals surface area contributed by atoms with Crippen molar-refractivity contribution >= 4 is 10.9 Å². The number of aromatic nitrogens is 1. The lowest BCUT2D eigenvalue weighted by atomic mass is 10.1. The summed E-state index contributed by atoms with van der Waals surface area (Å²) in [7, 11) is 0. The predicted octanol–water partition coefficient (Wildman–Crippen LogP) is 2.09. The third-order valence-electron chi connectivity index (χ3n) is 3.36. The SMILES string of the molecule is CC(Cc1c[nH]c2ccccc12)NC1COC1. The van der Waals surface area contributed by atoms with Gasteiger partial charge >= 0.3 is 0 Å². The zero-order chi connectivity index (χ0) is 11.7. The van der Waals surface area contributed by atoms with Crippen molar-refractivity contribution in [2.75, 3.05) is 13.2 Å². The molecule has 0 spiro atoms. The molecule has 1 unspecified atom stereocenters. The van der Waals surface area contributed by atoms with E-state index in [-0.39, 0.29) is 0 Å². The second-order valence-corrected chi connectivity index (χ2v) is 4.87. The minimum Gasteiger partial charge on any atom is -0.378 e. The summed E-state index contributed by atoms with van der Waals surface area (Å²) in [6.45, 7) is 3.95. The molecule has 0 amide bonds. The van der Waals surface area contributed by atoms with E-state index >= 15 is 0 Å². The largest absolute Gasteiger partial charge is 0.378 e.